The molecule has 6 heteroatoms. The Morgan fingerprint density at radius 1 is 0.840 bits per heavy atom. The van der Waals surface area contributed by atoms with E-state index in [2.05, 4.69) is 10.6 Å². The number of methoxy groups -OCH3 is 1. The molecule has 0 saturated heterocycles. The number of benzene rings is 2. The van der Waals surface area contributed by atoms with Crippen molar-refractivity contribution in [1.29, 1.82) is 0 Å². The minimum Gasteiger partial charge on any atom is -0.497 e. The second-order valence-corrected chi connectivity index (χ2v) is 5.19. The van der Waals surface area contributed by atoms with E-state index >= 15 is 0 Å². The lowest BCUT2D eigenvalue weighted by Crippen LogP contribution is -2.13. The zero-order chi connectivity index (χ0) is 17.6. The lowest BCUT2D eigenvalue weighted by Gasteiger charge is -2.07. The van der Waals surface area contributed by atoms with Crippen LogP contribution in [0.4, 0.5) is 11.4 Å². The summed E-state index contributed by atoms with van der Waals surface area (Å²) in [5.74, 6) is 0.352. The molecule has 0 radical (unpaired) electrons. The highest BCUT2D eigenvalue weighted by atomic mass is 16.5. The van der Waals surface area contributed by atoms with Crippen LogP contribution in [0.1, 0.15) is 20.9 Å². The van der Waals surface area contributed by atoms with Crippen LogP contribution in [0.3, 0.4) is 0 Å². The van der Waals surface area contributed by atoms with Crippen LogP contribution in [0.25, 0.3) is 0 Å². The van der Waals surface area contributed by atoms with Gasteiger partial charge in [-0.1, -0.05) is 0 Å². The first-order valence-corrected chi connectivity index (χ1v) is 7.56. The molecule has 0 aliphatic rings. The largest absolute Gasteiger partial charge is 0.497 e. The fourth-order valence-corrected chi connectivity index (χ4v) is 2.18. The number of amides is 2. The number of rotatable bonds is 5. The Bertz CT molecular complexity index is 853. The molecule has 0 fully saturated rings. The molecule has 0 bridgehead atoms. The van der Waals surface area contributed by atoms with Crippen LogP contribution in [0.5, 0.6) is 5.75 Å². The molecule has 3 rings (SSSR count). The predicted molar refractivity (Wildman–Crippen MR) is 94.1 cm³/mol. The molecule has 2 N–H and O–H groups in total. The number of nitrogens with one attached hydrogen (secondary N) is 2. The van der Waals surface area contributed by atoms with Crippen molar-refractivity contribution < 1.29 is 18.7 Å². The number of anilines is 2. The van der Waals surface area contributed by atoms with Crippen molar-refractivity contribution in [2.45, 2.75) is 0 Å². The number of hydrogen-bond acceptors (Lipinski definition) is 4. The van der Waals surface area contributed by atoms with Crippen molar-refractivity contribution in [3.05, 3.63) is 78.3 Å². The monoisotopic (exact) mass is 336 g/mol. The quantitative estimate of drug-likeness (QED) is 0.743. The first-order chi connectivity index (χ1) is 12.2. The van der Waals surface area contributed by atoms with Gasteiger partial charge in [-0.3, -0.25) is 9.59 Å². The maximum Gasteiger partial charge on any atom is 0.291 e. The highest BCUT2D eigenvalue weighted by molar-refractivity contribution is 6.05. The topological polar surface area (TPSA) is 80.6 Å². The third-order valence-electron chi connectivity index (χ3n) is 3.50. The van der Waals surface area contributed by atoms with Gasteiger partial charge in [0.25, 0.3) is 11.8 Å². The molecule has 0 aliphatic carbocycles. The van der Waals surface area contributed by atoms with Gasteiger partial charge in [0.15, 0.2) is 5.76 Å². The minimum absolute atomic E-state index is 0.223. The summed E-state index contributed by atoms with van der Waals surface area (Å²) in [6, 6.07) is 16.9. The first-order valence-electron chi connectivity index (χ1n) is 7.56. The molecular weight excluding hydrogens is 320 g/mol. The minimum atomic E-state index is -0.347. The molecule has 0 spiro atoms. The molecule has 2 amide bonds. The van der Waals surface area contributed by atoms with Gasteiger partial charge >= 0.3 is 0 Å². The van der Waals surface area contributed by atoms with Crippen LogP contribution in [0.15, 0.2) is 71.3 Å². The van der Waals surface area contributed by atoms with E-state index in [0.717, 1.165) is 5.75 Å². The third-order valence-corrected chi connectivity index (χ3v) is 3.50. The molecule has 2 aromatic carbocycles. The fourth-order valence-electron chi connectivity index (χ4n) is 2.18. The van der Waals surface area contributed by atoms with Gasteiger partial charge in [0.05, 0.1) is 13.4 Å². The van der Waals surface area contributed by atoms with Crippen LogP contribution in [0, 0.1) is 0 Å². The van der Waals surface area contributed by atoms with Gasteiger partial charge in [-0.2, -0.15) is 0 Å². The summed E-state index contributed by atoms with van der Waals surface area (Å²) in [6.07, 6.45) is 1.43. The van der Waals surface area contributed by atoms with E-state index < -0.39 is 0 Å². The van der Waals surface area contributed by atoms with Crippen LogP contribution >= 0.6 is 0 Å². The van der Waals surface area contributed by atoms with Crippen LogP contribution in [0.2, 0.25) is 0 Å². The van der Waals surface area contributed by atoms with Gasteiger partial charge in [0.1, 0.15) is 5.75 Å². The van der Waals surface area contributed by atoms with E-state index in [1.807, 2.05) is 0 Å². The molecule has 0 saturated carbocycles. The summed E-state index contributed by atoms with van der Waals surface area (Å²) < 4.78 is 10.1. The Kier molecular flexibility index (Phi) is 4.80. The van der Waals surface area contributed by atoms with Crippen molar-refractivity contribution in [1.82, 2.24) is 0 Å². The zero-order valence-electron chi connectivity index (χ0n) is 13.5. The van der Waals surface area contributed by atoms with Gasteiger partial charge < -0.3 is 19.8 Å². The van der Waals surface area contributed by atoms with E-state index in [-0.39, 0.29) is 17.6 Å². The molecule has 1 heterocycles. The number of hydrogen-bond donors (Lipinski definition) is 2. The number of ether oxygens (including phenoxy) is 1. The highest BCUT2D eigenvalue weighted by Crippen LogP contribution is 2.17. The molecule has 3 aromatic rings. The summed E-state index contributed by atoms with van der Waals surface area (Å²) in [7, 11) is 1.58. The highest BCUT2D eigenvalue weighted by Gasteiger charge is 2.10. The Morgan fingerprint density at radius 2 is 1.44 bits per heavy atom. The van der Waals surface area contributed by atoms with Crippen molar-refractivity contribution in [3.8, 4) is 5.75 Å². The Labute approximate surface area is 144 Å². The Morgan fingerprint density at radius 3 is 2.00 bits per heavy atom. The van der Waals surface area contributed by atoms with Gasteiger partial charge in [-0.05, 0) is 60.7 Å². The summed E-state index contributed by atoms with van der Waals surface area (Å²) in [5, 5.41) is 5.49. The average molecular weight is 336 g/mol. The normalized spacial score (nSPS) is 10.1. The van der Waals surface area contributed by atoms with Crippen molar-refractivity contribution in [2.75, 3.05) is 17.7 Å². The standard InChI is InChI=1S/C19H16N2O4/c1-24-16-10-8-15(9-11-16)20-18(22)13-4-6-14(7-5-13)21-19(23)17-3-2-12-25-17/h2-12H,1H3,(H,20,22)(H,21,23). The molecule has 6 nitrogen and oxygen atoms in total. The second kappa shape index (κ2) is 7.35. The Balaban J connectivity index is 1.62. The zero-order valence-corrected chi connectivity index (χ0v) is 13.5. The van der Waals surface area contributed by atoms with E-state index in [4.69, 9.17) is 9.15 Å². The second-order valence-electron chi connectivity index (χ2n) is 5.19. The van der Waals surface area contributed by atoms with Gasteiger partial charge in [-0.25, -0.2) is 0 Å². The summed E-state index contributed by atoms with van der Waals surface area (Å²) in [5.41, 5.74) is 1.72. The molecular formula is C19H16N2O4. The molecule has 0 atom stereocenters. The summed E-state index contributed by atoms with van der Waals surface area (Å²) >= 11 is 0. The first kappa shape index (κ1) is 16.3. The van der Waals surface area contributed by atoms with Crippen LogP contribution < -0.4 is 15.4 Å². The lowest BCUT2D eigenvalue weighted by molar-refractivity contribution is 0.0995. The SMILES string of the molecule is COc1ccc(NC(=O)c2ccc(NC(=O)c3ccco3)cc2)cc1. The van der Waals surface area contributed by atoms with Crippen molar-refractivity contribution in [2.24, 2.45) is 0 Å². The predicted octanol–water partition coefficient (Wildman–Crippen LogP) is 3.79. The number of furan rings is 1. The maximum absolute atomic E-state index is 12.2. The smallest absolute Gasteiger partial charge is 0.291 e. The van der Waals surface area contributed by atoms with Gasteiger partial charge in [-0.15, -0.1) is 0 Å². The maximum atomic E-state index is 12.2. The van der Waals surface area contributed by atoms with Crippen LogP contribution in [-0.2, 0) is 0 Å². The van der Waals surface area contributed by atoms with E-state index in [1.165, 1.54) is 6.26 Å². The fraction of sp³-hybridized carbons (Fsp3) is 0.0526. The van der Waals surface area contributed by atoms with E-state index in [1.54, 1.807) is 67.8 Å². The average Bonchev–Trinajstić information content (AvgIpc) is 3.18. The summed E-state index contributed by atoms with van der Waals surface area (Å²) in [6.45, 7) is 0. The number of carbonyl (C=O) groups excluding carboxylic acids is 2. The van der Waals surface area contributed by atoms with Crippen LogP contribution in [-0.4, -0.2) is 18.9 Å². The molecule has 0 aliphatic heterocycles. The molecule has 126 valence electrons. The van der Waals surface area contributed by atoms with E-state index in [0.29, 0.717) is 16.9 Å². The lowest BCUT2D eigenvalue weighted by atomic mass is 10.2. The van der Waals surface area contributed by atoms with Crippen molar-refractivity contribution >= 4 is 23.2 Å². The van der Waals surface area contributed by atoms with Crippen molar-refractivity contribution in [3.63, 3.8) is 0 Å². The van der Waals surface area contributed by atoms with Gasteiger partial charge in [0, 0.05) is 16.9 Å². The molecule has 25 heavy (non-hydrogen) atoms. The third kappa shape index (κ3) is 4.06. The van der Waals surface area contributed by atoms with E-state index in [9.17, 15) is 9.59 Å². The molecule has 1 aromatic heterocycles. The molecule has 0 unspecified atom stereocenters. The number of carbonyl (C=O) groups is 2. The summed E-state index contributed by atoms with van der Waals surface area (Å²) in [4.78, 5) is 24.1. The Hall–Kier alpha value is -3.54. The van der Waals surface area contributed by atoms with Gasteiger partial charge in [0.2, 0.25) is 0 Å².